The Morgan fingerprint density at radius 2 is 2.40 bits per heavy atom. The van der Waals surface area contributed by atoms with E-state index >= 15 is 0 Å². The van der Waals surface area contributed by atoms with Crippen LogP contribution in [0.2, 0.25) is 0 Å². The van der Waals surface area contributed by atoms with Crippen molar-refractivity contribution in [3.8, 4) is 0 Å². The normalized spacial score (nSPS) is 19.4. The van der Waals surface area contributed by atoms with E-state index in [9.17, 15) is 4.79 Å². The van der Waals surface area contributed by atoms with Crippen LogP contribution in [0.5, 0.6) is 0 Å². The summed E-state index contributed by atoms with van der Waals surface area (Å²) in [6.07, 6.45) is 0.944. The monoisotopic (exact) mass is 276 g/mol. The molecule has 1 fully saturated rings. The number of hydrogen-bond acceptors (Lipinski definition) is 5. The third kappa shape index (κ3) is 2.22. The van der Waals surface area contributed by atoms with Gasteiger partial charge in [-0.3, -0.25) is 0 Å². The third-order valence-corrected chi connectivity index (χ3v) is 3.57. The molecule has 6 nitrogen and oxygen atoms in total. The second-order valence-corrected chi connectivity index (χ2v) is 4.81. The van der Waals surface area contributed by atoms with Gasteiger partial charge in [0.25, 0.3) is 6.01 Å². The summed E-state index contributed by atoms with van der Waals surface area (Å²) in [5, 5.41) is 8.99. The van der Waals surface area contributed by atoms with Gasteiger partial charge in [0.1, 0.15) is 5.52 Å². The summed E-state index contributed by atoms with van der Waals surface area (Å²) in [4.78, 5) is 17.5. The Labute approximate surface area is 116 Å². The molecular weight excluding hydrogens is 260 g/mol. The Balaban J connectivity index is 1.97. The maximum absolute atomic E-state index is 11.0. The van der Waals surface area contributed by atoms with E-state index in [0.717, 1.165) is 13.0 Å². The summed E-state index contributed by atoms with van der Waals surface area (Å²) in [5.41, 5.74) is 1.38. The van der Waals surface area contributed by atoms with Gasteiger partial charge in [0.15, 0.2) is 5.58 Å². The number of aromatic carboxylic acids is 1. The number of anilines is 1. The molecule has 3 rings (SSSR count). The number of benzene rings is 1. The first-order valence-electron chi connectivity index (χ1n) is 6.67. The van der Waals surface area contributed by atoms with E-state index in [1.165, 1.54) is 12.1 Å². The molecule has 0 amide bonds. The second-order valence-electron chi connectivity index (χ2n) is 4.81. The number of carboxylic acids is 1. The van der Waals surface area contributed by atoms with Crippen LogP contribution in [-0.2, 0) is 4.74 Å². The largest absolute Gasteiger partial charge is 0.478 e. The zero-order valence-corrected chi connectivity index (χ0v) is 11.2. The van der Waals surface area contributed by atoms with Gasteiger partial charge in [0.2, 0.25) is 0 Å². The van der Waals surface area contributed by atoms with Gasteiger partial charge in [-0.05, 0) is 24.6 Å². The molecule has 1 atom stereocenters. The predicted molar refractivity (Wildman–Crippen MR) is 73.2 cm³/mol. The van der Waals surface area contributed by atoms with Crippen molar-refractivity contribution in [3.63, 3.8) is 0 Å². The molecule has 20 heavy (non-hydrogen) atoms. The van der Waals surface area contributed by atoms with Crippen molar-refractivity contribution in [2.45, 2.75) is 19.4 Å². The molecule has 1 aliphatic rings. The van der Waals surface area contributed by atoms with Crippen LogP contribution < -0.4 is 4.90 Å². The van der Waals surface area contributed by atoms with Gasteiger partial charge in [-0.25, -0.2) is 4.79 Å². The Hall–Kier alpha value is -2.08. The zero-order chi connectivity index (χ0) is 14.1. The number of morpholine rings is 1. The molecule has 2 heterocycles. The zero-order valence-electron chi connectivity index (χ0n) is 11.2. The SMILES string of the molecule is CCC1COCCN1c1nc2ccc(C(=O)O)cc2o1. The summed E-state index contributed by atoms with van der Waals surface area (Å²) in [6.45, 7) is 4.14. The van der Waals surface area contributed by atoms with Gasteiger partial charge in [0.05, 0.1) is 24.8 Å². The predicted octanol–water partition coefficient (Wildman–Crippen LogP) is 2.14. The average Bonchev–Trinajstić information content (AvgIpc) is 2.89. The molecule has 1 aromatic heterocycles. The first kappa shape index (κ1) is 12.9. The number of nitrogens with zero attached hydrogens (tertiary/aromatic N) is 2. The molecule has 0 spiro atoms. The summed E-state index contributed by atoms with van der Waals surface area (Å²) in [6, 6.07) is 5.50. The quantitative estimate of drug-likeness (QED) is 0.925. The van der Waals surface area contributed by atoms with Crippen LogP contribution in [0.15, 0.2) is 22.6 Å². The molecule has 0 radical (unpaired) electrons. The van der Waals surface area contributed by atoms with E-state index in [2.05, 4.69) is 16.8 Å². The van der Waals surface area contributed by atoms with Crippen molar-refractivity contribution < 1.29 is 19.1 Å². The van der Waals surface area contributed by atoms with Crippen molar-refractivity contribution in [2.24, 2.45) is 0 Å². The van der Waals surface area contributed by atoms with Gasteiger partial charge >= 0.3 is 5.97 Å². The lowest BCUT2D eigenvalue weighted by Crippen LogP contribution is -2.45. The Kier molecular flexibility index (Phi) is 3.31. The molecule has 2 aromatic rings. The topological polar surface area (TPSA) is 75.8 Å². The summed E-state index contributed by atoms with van der Waals surface area (Å²) >= 11 is 0. The van der Waals surface area contributed by atoms with Crippen LogP contribution in [-0.4, -0.2) is 41.9 Å². The van der Waals surface area contributed by atoms with E-state index in [1.807, 2.05) is 0 Å². The van der Waals surface area contributed by atoms with Crippen LogP contribution in [0.25, 0.3) is 11.1 Å². The number of ether oxygens (including phenoxy) is 1. The standard InChI is InChI=1S/C14H16N2O4/c1-2-10-8-19-6-5-16(10)14-15-11-4-3-9(13(17)18)7-12(11)20-14/h3-4,7,10H,2,5-6,8H2,1H3,(H,17,18). The highest BCUT2D eigenvalue weighted by Gasteiger charge is 2.25. The molecule has 0 bridgehead atoms. The number of oxazole rings is 1. The molecule has 1 N–H and O–H groups in total. The third-order valence-electron chi connectivity index (χ3n) is 3.57. The van der Waals surface area contributed by atoms with Crippen LogP contribution >= 0.6 is 0 Å². The summed E-state index contributed by atoms with van der Waals surface area (Å²) in [7, 11) is 0. The number of carboxylic acid groups (broad SMARTS) is 1. The smallest absolute Gasteiger partial charge is 0.335 e. The van der Waals surface area contributed by atoms with E-state index in [1.54, 1.807) is 6.07 Å². The van der Waals surface area contributed by atoms with Gasteiger partial charge in [-0.1, -0.05) is 6.92 Å². The highest BCUT2D eigenvalue weighted by Crippen LogP contribution is 2.26. The van der Waals surface area contributed by atoms with Crippen LogP contribution in [0.4, 0.5) is 6.01 Å². The molecule has 0 aliphatic carbocycles. The van der Waals surface area contributed by atoms with Gasteiger partial charge in [-0.15, -0.1) is 0 Å². The maximum atomic E-state index is 11.0. The van der Waals surface area contributed by atoms with E-state index in [0.29, 0.717) is 30.3 Å². The van der Waals surface area contributed by atoms with E-state index < -0.39 is 5.97 Å². The number of rotatable bonds is 3. The lowest BCUT2D eigenvalue weighted by Gasteiger charge is -2.33. The molecule has 1 saturated heterocycles. The Morgan fingerprint density at radius 3 is 3.15 bits per heavy atom. The van der Waals surface area contributed by atoms with Crippen molar-refractivity contribution >= 4 is 23.1 Å². The number of aromatic nitrogens is 1. The van der Waals surface area contributed by atoms with Gasteiger partial charge < -0.3 is 19.2 Å². The molecule has 6 heteroatoms. The molecule has 1 unspecified atom stereocenters. The van der Waals surface area contributed by atoms with Crippen molar-refractivity contribution in [1.29, 1.82) is 0 Å². The van der Waals surface area contributed by atoms with Crippen molar-refractivity contribution in [3.05, 3.63) is 23.8 Å². The van der Waals surface area contributed by atoms with Gasteiger partial charge in [0, 0.05) is 6.54 Å². The second kappa shape index (κ2) is 5.13. The van der Waals surface area contributed by atoms with Crippen molar-refractivity contribution in [1.82, 2.24) is 4.98 Å². The highest BCUT2D eigenvalue weighted by molar-refractivity contribution is 5.92. The van der Waals surface area contributed by atoms with Crippen molar-refractivity contribution in [2.75, 3.05) is 24.7 Å². The first-order chi connectivity index (χ1) is 9.69. The molecule has 106 valence electrons. The van der Waals surface area contributed by atoms with Gasteiger partial charge in [-0.2, -0.15) is 4.98 Å². The van der Waals surface area contributed by atoms with E-state index in [-0.39, 0.29) is 11.6 Å². The minimum atomic E-state index is -0.970. The fourth-order valence-corrected chi connectivity index (χ4v) is 2.41. The van der Waals surface area contributed by atoms with Crippen LogP contribution in [0, 0.1) is 0 Å². The number of hydrogen-bond donors (Lipinski definition) is 1. The summed E-state index contributed by atoms with van der Waals surface area (Å²) < 4.78 is 11.2. The maximum Gasteiger partial charge on any atom is 0.335 e. The van der Waals surface area contributed by atoms with E-state index in [4.69, 9.17) is 14.3 Å². The lowest BCUT2D eigenvalue weighted by atomic mass is 10.2. The Morgan fingerprint density at radius 1 is 1.55 bits per heavy atom. The fourth-order valence-electron chi connectivity index (χ4n) is 2.41. The number of fused-ring (bicyclic) bond motifs is 1. The lowest BCUT2D eigenvalue weighted by molar-refractivity contribution is 0.0697. The molecular formula is C14H16N2O4. The number of carbonyl (C=O) groups is 1. The minimum absolute atomic E-state index is 0.203. The summed E-state index contributed by atoms with van der Waals surface area (Å²) in [5.74, 6) is -0.970. The Bertz CT molecular complexity index is 637. The van der Waals surface area contributed by atoms with Crippen LogP contribution in [0.3, 0.4) is 0 Å². The fraction of sp³-hybridized carbons (Fsp3) is 0.429. The minimum Gasteiger partial charge on any atom is -0.478 e. The highest BCUT2D eigenvalue weighted by atomic mass is 16.5. The molecule has 0 saturated carbocycles. The first-order valence-corrected chi connectivity index (χ1v) is 6.67. The molecule has 1 aromatic carbocycles. The van der Waals surface area contributed by atoms with Crippen LogP contribution in [0.1, 0.15) is 23.7 Å². The average molecular weight is 276 g/mol. The molecule has 1 aliphatic heterocycles.